The standard InChI is InChI=1S/C15H23FN2O/c1-3-18(4-2)11-6-5-10-17-15(19)13-8-7-9-14(16)12-13/h7-9,12H,3-6,10-11H2,1-2H3,(H,17,19). The van der Waals surface area contributed by atoms with Gasteiger partial charge in [-0.2, -0.15) is 0 Å². The third-order valence-electron chi connectivity index (χ3n) is 3.17. The molecule has 0 saturated carbocycles. The van der Waals surface area contributed by atoms with E-state index in [4.69, 9.17) is 0 Å². The summed E-state index contributed by atoms with van der Waals surface area (Å²) < 4.78 is 13.0. The monoisotopic (exact) mass is 266 g/mol. The van der Waals surface area contributed by atoms with Crippen LogP contribution in [0.4, 0.5) is 4.39 Å². The van der Waals surface area contributed by atoms with E-state index in [-0.39, 0.29) is 11.7 Å². The Bertz CT molecular complexity index is 391. The summed E-state index contributed by atoms with van der Waals surface area (Å²) in [5.74, 6) is -0.587. The van der Waals surface area contributed by atoms with Crippen LogP contribution in [-0.2, 0) is 0 Å². The molecule has 0 fully saturated rings. The van der Waals surface area contributed by atoms with E-state index in [1.54, 1.807) is 12.1 Å². The highest BCUT2D eigenvalue weighted by Gasteiger charge is 2.05. The molecule has 4 heteroatoms. The summed E-state index contributed by atoms with van der Waals surface area (Å²) in [6.07, 6.45) is 2.00. The molecule has 0 saturated heterocycles. The van der Waals surface area contributed by atoms with Crippen molar-refractivity contribution in [1.29, 1.82) is 0 Å². The zero-order chi connectivity index (χ0) is 14.1. The molecular formula is C15H23FN2O. The first-order valence-corrected chi connectivity index (χ1v) is 6.93. The van der Waals surface area contributed by atoms with Crippen LogP contribution < -0.4 is 5.32 Å². The van der Waals surface area contributed by atoms with Crippen LogP contribution in [0.3, 0.4) is 0 Å². The lowest BCUT2D eigenvalue weighted by molar-refractivity contribution is 0.0952. The van der Waals surface area contributed by atoms with Crippen molar-refractivity contribution in [2.45, 2.75) is 26.7 Å². The molecule has 0 aliphatic rings. The molecule has 0 spiro atoms. The normalized spacial score (nSPS) is 10.7. The number of carbonyl (C=O) groups is 1. The van der Waals surface area contributed by atoms with Crippen molar-refractivity contribution in [3.63, 3.8) is 0 Å². The quantitative estimate of drug-likeness (QED) is 0.734. The highest BCUT2D eigenvalue weighted by atomic mass is 19.1. The second kappa shape index (κ2) is 8.64. The van der Waals surface area contributed by atoms with Crippen molar-refractivity contribution in [1.82, 2.24) is 10.2 Å². The van der Waals surface area contributed by atoms with Gasteiger partial charge in [0.1, 0.15) is 5.82 Å². The summed E-state index contributed by atoms with van der Waals surface area (Å²) in [4.78, 5) is 14.1. The fourth-order valence-corrected chi connectivity index (χ4v) is 1.93. The van der Waals surface area contributed by atoms with E-state index in [0.29, 0.717) is 12.1 Å². The van der Waals surface area contributed by atoms with Gasteiger partial charge in [0.05, 0.1) is 0 Å². The predicted molar refractivity (Wildman–Crippen MR) is 75.8 cm³/mol. The molecule has 0 radical (unpaired) electrons. The van der Waals surface area contributed by atoms with Crippen molar-refractivity contribution in [2.75, 3.05) is 26.2 Å². The first-order valence-electron chi connectivity index (χ1n) is 6.93. The maximum Gasteiger partial charge on any atom is 0.251 e. The Labute approximate surface area is 114 Å². The van der Waals surface area contributed by atoms with Crippen molar-refractivity contribution in [3.05, 3.63) is 35.6 Å². The van der Waals surface area contributed by atoms with E-state index in [1.165, 1.54) is 12.1 Å². The van der Waals surface area contributed by atoms with Gasteiger partial charge < -0.3 is 10.2 Å². The number of carbonyl (C=O) groups excluding carboxylic acids is 1. The first kappa shape index (κ1) is 15.6. The average Bonchev–Trinajstić information content (AvgIpc) is 2.42. The number of amides is 1. The topological polar surface area (TPSA) is 32.3 Å². The number of unbranched alkanes of at least 4 members (excludes halogenated alkanes) is 1. The van der Waals surface area contributed by atoms with E-state index < -0.39 is 0 Å². The Morgan fingerprint density at radius 2 is 2.00 bits per heavy atom. The van der Waals surface area contributed by atoms with Crippen LogP contribution in [-0.4, -0.2) is 37.0 Å². The SMILES string of the molecule is CCN(CC)CCCCNC(=O)c1cccc(F)c1. The Morgan fingerprint density at radius 1 is 1.26 bits per heavy atom. The second-order valence-corrected chi connectivity index (χ2v) is 4.50. The van der Waals surface area contributed by atoms with Gasteiger partial charge in [-0.15, -0.1) is 0 Å². The molecule has 0 heterocycles. The number of nitrogens with one attached hydrogen (secondary N) is 1. The number of hydrogen-bond acceptors (Lipinski definition) is 2. The van der Waals surface area contributed by atoms with E-state index >= 15 is 0 Å². The molecule has 3 nitrogen and oxygen atoms in total. The first-order chi connectivity index (χ1) is 9.17. The van der Waals surface area contributed by atoms with Crippen LogP contribution in [0, 0.1) is 5.82 Å². The van der Waals surface area contributed by atoms with Crippen molar-refractivity contribution in [3.8, 4) is 0 Å². The lowest BCUT2D eigenvalue weighted by Gasteiger charge is -2.17. The molecular weight excluding hydrogens is 243 g/mol. The third kappa shape index (κ3) is 5.83. The second-order valence-electron chi connectivity index (χ2n) is 4.50. The van der Waals surface area contributed by atoms with Gasteiger partial charge in [-0.3, -0.25) is 4.79 Å². The molecule has 1 amide bonds. The maximum absolute atomic E-state index is 13.0. The molecule has 1 N–H and O–H groups in total. The van der Waals surface area contributed by atoms with Gasteiger partial charge in [-0.05, 0) is 50.7 Å². The molecule has 1 aromatic carbocycles. The Balaban J connectivity index is 2.21. The largest absolute Gasteiger partial charge is 0.352 e. The summed E-state index contributed by atoms with van der Waals surface area (Å²) in [5, 5.41) is 2.81. The summed E-state index contributed by atoms with van der Waals surface area (Å²) >= 11 is 0. The van der Waals surface area contributed by atoms with Gasteiger partial charge in [0.2, 0.25) is 0 Å². The molecule has 1 rings (SSSR count). The Morgan fingerprint density at radius 3 is 2.63 bits per heavy atom. The van der Waals surface area contributed by atoms with E-state index in [1.807, 2.05) is 0 Å². The van der Waals surface area contributed by atoms with E-state index in [0.717, 1.165) is 32.5 Å². The highest BCUT2D eigenvalue weighted by molar-refractivity contribution is 5.94. The van der Waals surface area contributed by atoms with Crippen LogP contribution in [0.15, 0.2) is 24.3 Å². The number of hydrogen-bond donors (Lipinski definition) is 1. The zero-order valence-corrected chi connectivity index (χ0v) is 11.8. The Kier molecular flexibility index (Phi) is 7.11. The number of rotatable bonds is 8. The lowest BCUT2D eigenvalue weighted by Crippen LogP contribution is -2.27. The van der Waals surface area contributed by atoms with Crippen LogP contribution in [0.25, 0.3) is 0 Å². The maximum atomic E-state index is 13.0. The minimum Gasteiger partial charge on any atom is -0.352 e. The summed E-state index contributed by atoms with van der Waals surface area (Å²) in [7, 11) is 0. The molecule has 0 atom stereocenters. The minimum atomic E-state index is -0.380. The van der Waals surface area contributed by atoms with Gasteiger partial charge in [-0.1, -0.05) is 19.9 Å². The molecule has 0 aromatic heterocycles. The van der Waals surface area contributed by atoms with E-state index in [2.05, 4.69) is 24.1 Å². The fourth-order valence-electron chi connectivity index (χ4n) is 1.93. The van der Waals surface area contributed by atoms with E-state index in [9.17, 15) is 9.18 Å². The van der Waals surface area contributed by atoms with Crippen LogP contribution in [0.2, 0.25) is 0 Å². The van der Waals surface area contributed by atoms with Crippen LogP contribution in [0.1, 0.15) is 37.0 Å². The van der Waals surface area contributed by atoms with Gasteiger partial charge in [0.25, 0.3) is 5.91 Å². The number of benzene rings is 1. The van der Waals surface area contributed by atoms with Gasteiger partial charge in [0.15, 0.2) is 0 Å². The Hall–Kier alpha value is -1.42. The van der Waals surface area contributed by atoms with Crippen molar-refractivity contribution < 1.29 is 9.18 Å². The molecule has 0 aliphatic heterocycles. The lowest BCUT2D eigenvalue weighted by atomic mass is 10.2. The predicted octanol–water partition coefficient (Wildman–Crippen LogP) is 2.68. The highest BCUT2D eigenvalue weighted by Crippen LogP contribution is 2.03. The molecule has 106 valence electrons. The van der Waals surface area contributed by atoms with Crippen molar-refractivity contribution in [2.24, 2.45) is 0 Å². The van der Waals surface area contributed by atoms with Crippen LogP contribution in [0.5, 0.6) is 0 Å². The molecule has 19 heavy (non-hydrogen) atoms. The molecule has 0 bridgehead atoms. The zero-order valence-electron chi connectivity index (χ0n) is 11.8. The summed E-state index contributed by atoms with van der Waals surface area (Å²) in [5.41, 5.74) is 0.378. The van der Waals surface area contributed by atoms with Gasteiger partial charge in [0, 0.05) is 12.1 Å². The number of halogens is 1. The average molecular weight is 266 g/mol. The molecule has 0 aliphatic carbocycles. The van der Waals surface area contributed by atoms with Crippen molar-refractivity contribution >= 4 is 5.91 Å². The molecule has 0 unspecified atom stereocenters. The van der Waals surface area contributed by atoms with Gasteiger partial charge in [-0.25, -0.2) is 4.39 Å². The minimum absolute atomic E-state index is 0.206. The third-order valence-corrected chi connectivity index (χ3v) is 3.17. The summed E-state index contributed by atoms with van der Waals surface area (Å²) in [6, 6.07) is 5.75. The fraction of sp³-hybridized carbons (Fsp3) is 0.533. The summed E-state index contributed by atoms with van der Waals surface area (Å²) in [6.45, 7) is 8.11. The smallest absolute Gasteiger partial charge is 0.251 e. The number of nitrogens with zero attached hydrogens (tertiary/aromatic N) is 1. The van der Waals surface area contributed by atoms with Gasteiger partial charge >= 0.3 is 0 Å². The molecule has 1 aromatic rings. The van der Waals surface area contributed by atoms with Crippen LogP contribution >= 0.6 is 0 Å².